The Bertz CT molecular complexity index is 470. The molecule has 2 N–H and O–H groups in total. The van der Waals surface area contributed by atoms with Crippen molar-refractivity contribution in [3.8, 4) is 5.75 Å². The van der Waals surface area contributed by atoms with Crippen molar-refractivity contribution < 1.29 is 4.74 Å². The lowest BCUT2D eigenvalue weighted by atomic mass is 10.2. The molecule has 0 unspecified atom stereocenters. The molecule has 0 atom stereocenters. The number of hydrogen-bond acceptors (Lipinski definition) is 3. The second-order valence-corrected chi connectivity index (χ2v) is 3.53. The van der Waals surface area contributed by atoms with Gasteiger partial charge in [0.15, 0.2) is 0 Å². The average molecular weight is 254 g/mol. The van der Waals surface area contributed by atoms with Crippen molar-refractivity contribution in [2.24, 2.45) is 5.73 Å². The Labute approximate surface area is 107 Å². The van der Waals surface area contributed by atoms with Crippen LogP contribution < -0.4 is 10.5 Å². The summed E-state index contributed by atoms with van der Waals surface area (Å²) in [4.78, 5) is 4.09. The minimum absolute atomic E-state index is 0. The molecule has 4 nitrogen and oxygen atoms in total. The Morgan fingerprint density at radius 2 is 2.12 bits per heavy atom. The van der Waals surface area contributed by atoms with Crippen molar-refractivity contribution in [3.05, 3.63) is 48.0 Å². The predicted molar refractivity (Wildman–Crippen MR) is 69.5 cm³/mol. The molecule has 5 heteroatoms. The monoisotopic (exact) mass is 253 g/mol. The van der Waals surface area contributed by atoms with E-state index in [0.717, 1.165) is 23.6 Å². The Morgan fingerprint density at radius 3 is 2.82 bits per heavy atom. The number of methoxy groups -OCH3 is 1. The third-order valence-corrected chi connectivity index (χ3v) is 2.54. The summed E-state index contributed by atoms with van der Waals surface area (Å²) in [5.41, 5.74) is 7.77. The number of para-hydroxylation sites is 1. The highest BCUT2D eigenvalue weighted by atomic mass is 35.5. The summed E-state index contributed by atoms with van der Waals surface area (Å²) in [5.74, 6) is 0.888. The smallest absolute Gasteiger partial charge is 0.123 e. The van der Waals surface area contributed by atoms with Crippen LogP contribution in [0.5, 0.6) is 5.75 Å². The third-order valence-electron chi connectivity index (χ3n) is 2.54. The molecule has 1 aromatic carbocycles. The van der Waals surface area contributed by atoms with Crippen molar-refractivity contribution in [2.45, 2.75) is 13.1 Å². The van der Waals surface area contributed by atoms with Gasteiger partial charge in [-0.2, -0.15) is 0 Å². The highest BCUT2D eigenvalue weighted by Crippen LogP contribution is 2.18. The van der Waals surface area contributed by atoms with E-state index in [0.29, 0.717) is 6.54 Å². The van der Waals surface area contributed by atoms with Crippen LogP contribution in [0.1, 0.15) is 11.3 Å². The van der Waals surface area contributed by atoms with Crippen molar-refractivity contribution in [3.63, 3.8) is 0 Å². The number of benzene rings is 1. The maximum Gasteiger partial charge on any atom is 0.123 e. The SMILES string of the molecule is COc1ccccc1Cn1cncc1CN.Cl. The van der Waals surface area contributed by atoms with E-state index in [1.807, 2.05) is 28.8 Å². The maximum absolute atomic E-state index is 5.63. The molecule has 2 rings (SSSR count). The molecule has 0 fully saturated rings. The van der Waals surface area contributed by atoms with Gasteiger partial charge in [-0.25, -0.2) is 4.98 Å². The zero-order chi connectivity index (χ0) is 11.4. The lowest BCUT2D eigenvalue weighted by Gasteiger charge is -2.10. The Balaban J connectivity index is 0.00000144. The molecule has 0 bridgehead atoms. The van der Waals surface area contributed by atoms with Crippen LogP contribution in [0, 0.1) is 0 Å². The van der Waals surface area contributed by atoms with Gasteiger partial charge in [0.05, 0.1) is 25.7 Å². The molecule has 0 radical (unpaired) electrons. The van der Waals surface area contributed by atoms with Crippen LogP contribution in [0.15, 0.2) is 36.8 Å². The molecule has 0 aliphatic carbocycles. The summed E-state index contributed by atoms with van der Waals surface area (Å²) in [7, 11) is 1.68. The first-order chi connectivity index (χ1) is 7.85. The van der Waals surface area contributed by atoms with Gasteiger partial charge in [-0.05, 0) is 6.07 Å². The van der Waals surface area contributed by atoms with E-state index >= 15 is 0 Å². The third kappa shape index (κ3) is 2.99. The quantitative estimate of drug-likeness (QED) is 0.904. The van der Waals surface area contributed by atoms with Crippen LogP contribution >= 0.6 is 12.4 Å². The lowest BCUT2D eigenvalue weighted by Crippen LogP contribution is -2.08. The van der Waals surface area contributed by atoms with E-state index < -0.39 is 0 Å². The minimum atomic E-state index is 0. The normalized spacial score (nSPS) is 9.76. The van der Waals surface area contributed by atoms with E-state index in [2.05, 4.69) is 4.98 Å². The van der Waals surface area contributed by atoms with E-state index in [1.165, 1.54) is 0 Å². The second kappa shape index (κ2) is 6.27. The van der Waals surface area contributed by atoms with Crippen molar-refractivity contribution in [1.82, 2.24) is 9.55 Å². The molecule has 0 aliphatic heterocycles. The average Bonchev–Trinajstić information content (AvgIpc) is 2.77. The standard InChI is InChI=1S/C12H15N3O.ClH/c1-16-12-5-3-2-4-10(12)8-15-9-14-7-11(15)6-13;/h2-5,7,9H,6,8,13H2,1H3;1H. The van der Waals surface area contributed by atoms with Crippen molar-refractivity contribution in [1.29, 1.82) is 0 Å². The number of halogens is 1. The molecule has 92 valence electrons. The summed E-state index contributed by atoms with van der Waals surface area (Å²) < 4.78 is 7.33. The molecular weight excluding hydrogens is 238 g/mol. The van der Waals surface area contributed by atoms with Gasteiger partial charge >= 0.3 is 0 Å². The predicted octanol–water partition coefficient (Wildman–Crippen LogP) is 1.82. The van der Waals surface area contributed by atoms with Gasteiger partial charge in [-0.3, -0.25) is 0 Å². The largest absolute Gasteiger partial charge is 0.496 e. The topological polar surface area (TPSA) is 53.1 Å². The molecule has 0 aliphatic rings. The summed E-state index contributed by atoms with van der Waals surface area (Å²) in [6.45, 7) is 1.23. The molecule has 17 heavy (non-hydrogen) atoms. The first kappa shape index (κ1) is 13.5. The zero-order valence-corrected chi connectivity index (χ0v) is 10.5. The number of imidazole rings is 1. The van der Waals surface area contributed by atoms with Crippen molar-refractivity contribution >= 4 is 12.4 Å². The zero-order valence-electron chi connectivity index (χ0n) is 9.67. The lowest BCUT2D eigenvalue weighted by molar-refractivity contribution is 0.408. The van der Waals surface area contributed by atoms with Crippen LogP contribution in [0.3, 0.4) is 0 Å². The van der Waals surface area contributed by atoms with Gasteiger partial charge in [0.25, 0.3) is 0 Å². The molecule has 1 aromatic heterocycles. The van der Waals surface area contributed by atoms with Gasteiger partial charge in [0.1, 0.15) is 5.75 Å². The highest BCUT2D eigenvalue weighted by molar-refractivity contribution is 5.85. The fourth-order valence-corrected chi connectivity index (χ4v) is 1.68. The van der Waals surface area contributed by atoms with E-state index in [9.17, 15) is 0 Å². The molecule has 0 spiro atoms. The van der Waals surface area contributed by atoms with Gasteiger partial charge in [0.2, 0.25) is 0 Å². The van der Waals surface area contributed by atoms with E-state index in [4.69, 9.17) is 10.5 Å². The second-order valence-electron chi connectivity index (χ2n) is 3.53. The minimum Gasteiger partial charge on any atom is -0.496 e. The highest BCUT2D eigenvalue weighted by Gasteiger charge is 2.05. The van der Waals surface area contributed by atoms with E-state index in [-0.39, 0.29) is 12.4 Å². The number of ether oxygens (including phenoxy) is 1. The molecular formula is C12H16ClN3O. The van der Waals surface area contributed by atoms with Crippen LogP contribution in [0.2, 0.25) is 0 Å². The fraction of sp³-hybridized carbons (Fsp3) is 0.250. The van der Waals surface area contributed by atoms with Gasteiger partial charge in [-0.15, -0.1) is 12.4 Å². The molecule has 0 saturated heterocycles. The van der Waals surface area contributed by atoms with Crippen LogP contribution in [0.4, 0.5) is 0 Å². The van der Waals surface area contributed by atoms with Crippen molar-refractivity contribution in [2.75, 3.05) is 7.11 Å². The maximum atomic E-state index is 5.63. The van der Waals surface area contributed by atoms with Gasteiger partial charge in [-0.1, -0.05) is 18.2 Å². The molecule has 2 aromatic rings. The molecule has 0 amide bonds. The van der Waals surface area contributed by atoms with Gasteiger partial charge in [0, 0.05) is 18.3 Å². The number of rotatable bonds is 4. The number of nitrogens with two attached hydrogens (primary N) is 1. The number of hydrogen-bond donors (Lipinski definition) is 1. The summed E-state index contributed by atoms with van der Waals surface area (Å²) in [6, 6.07) is 7.95. The van der Waals surface area contributed by atoms with Crippen LogP contribution in [0.25, 0.3) is 0 Å². The summed E-state index contributed by atoms with van der Waals surface area (Å²) >= 11 is 0. The van der Waals surface area contributed by atoms with Crippen LogP contribution in [-0.2, 0) is 13.1 Å². The summed E-state index contributed by atoms with van der Waals surface area (Å²) in [6.07, 6.45) is 3.57. The Morgan fingerprint density at radius 1 is 1.35 bits per heavy atom. The Hall–Kier alpha value is -1.52. The first-order valence-electron chi connectivity index (χ1n) is 5.16. The fourth-order valence-electron chi connectivity index (χ4n) is 1.68. The summed E-state index contributed by atoms with van der Waals surface area (Å²) in [5, 5.41) is 0. The van der Waals surface area contributed by atoms with Gasteiger partial charge < -0.3 is 15.0 Å². The Kier molecular flexibility index (Phi) is 5.00. The first-order valence-corrected chi connectivity index (χ1v) is 5.16. The van der Waals surface area contributed by atoms with Crippen LogP contribution in [-0.4, -0.2) is 16.7 Å². The number of aromatic nitrogens is 2. The number of nitrogens with zero attached hydrogens (tertiary/aromatic N) is 2. The molecule has 0 saturated carbocycles. The molecule has 1 heterocycles. The van der Waals surface area contributed by atoms with E-state index in [1.54, 1.807) is 19.6 Å².